The number of aromatic nitrogens is 1. The number of carbonyl (C=O) groups excluding carboxylic acids is 1. The molecule has 0 radical (unpaired) electrons. The summed E-state index contributed by atoms with van der Waals surface area (Å²) in [4.78, 5) is 18.4. The van der Waals surface area contributed by atoms with Gasteiger partial charge in [-0.05, 0) is 13.8 Å². The molecule has 1 aromatic heterocycles. The second-order valence-electron chi connectivity index (χ2n) is 5.21. The number of aliphatic hydroxyl groups is 1. The van der Waals surface area contributed by atoms with Gasteiger partial charge in [0, 0.05) is 36.4 Å². The highest BCUT2D eigenvalue weighted by molar-refractivity contribution is 7.98. The fourth-order valence-corrected chi connectivity index (χ4v) is 3.86. The fraction of sp³-hybridized carbons (Fsp3) is 0.714. The molecular weight excluding hydrogens is 308 g/mol. The third-order valence-corrected chi connectivity index (χ3v) is 5.07. The van der Waals surface area contributed by atoms with Gasteiger partial charge in [0.15, 0.2) is 0 Å². The Morgan fingerprint density at radius 2 is 2.43 bits per heavy atom. The largest absolute Gasteiger partial charge is 0.394 e. The molecule has 2 rings (SSSR count). The van der Waals surface area contributed by atoms with Gasteiger partial charge in [-0.15, -0.1) is 11.3 Å². The van der Waals surface area contributed by atoms with Crippen molar-refractivity contribution in [2.75, 3.05) is 25.4 Å². The Kier molecular flexibility index (Phi) is 6.47. The number of thiazole rings is 1. The smallest absolute Gasteiger partial charge is 0.223 e. The van der Waals surface area contributed by atoms with Crippen LogP contribution < -0.4 is 0 Å². The van der Waals surface area contributed by atoms with Crippen LogP contribution in [0.3, 0.4) is 0 Å². The van der Waals surface area contributed by atoms with E-state index in [1.807, 2.05) is 18.7 Å². The average Bonchev–Trinajstić information content (AvgIpc) is 2.88. The molecule has 1 aromatic rings. The molecule has 0 aliphatic carbocycles. The minimum Gasteiger partial charge on any atom is -0.394 e. The van der Waals surface area contributed by atoms with Crippen LogP contribution >= 0.6 is 23.1 Å². The van der Waals surface area contributed by atoms with E-state index in [9.17, 15) is 9.90 Å². The summed E-state index contributed by atoms with van der Waals surface area (Å²) < 4.78 is 5.55. The summed E-state index contributed by atoms with van der Waals surface area (Å²) in [6.07, 6.45) is 0.271. The number of nitrogens with zero attached hydrogens (tertiary/aromatic N) is 2. The highest BCUT2D eigenvalue weighted by atomic mass is 32.2. The summed E-state index contributed by atoms with van der Waals surface area (Å²) in [5.41, 5.74) is 1.09. The molecule has 1 aliphatic heterocycles. The van der Waals surface area contributed by atoms with Gasteiger partial charge >= 0.3 is 0 Å². The standard InChI is InChI=1S/C14H22N2O3S2/c1-10-5-16(6-13(7-17)19-10)14(18)3-4-20-8-12-9-21-11(2)15-12/h9-10,13,17H,3-8H2,1-2H3. The molecule has 1 fully saturated rings. The first-order valence-electron chi connectivity index (χ1n) is 7.11. The van der Waals surface area contributed by atoms with E-state index in [-0.39, 0.29) is 24.7 Å². The molecule has 7 heteroatoms. The Balaban J connectivity index is 1.69. The van der Waals surface area contributed by atoms with Gasteiger partial charge in [-0.2, -0.15) is 11.8 Å². The predicted molar refractivity (Wildman–Crippen MR) is 85.6 cm³/mol. The Morgan fingerprint density at radius 3 is 3.10 bits per heavy atom. The minimum atomic E-state index is -0.247. The quantitative estimate of drug-likeness (QED) is 0.804. The van der Waals surface area contributed by atoms with E-state index in [4.69, 9.17) is 4.74 Å². The SMILES string of the molecule is Cc1nc(CSCCC(=O)N2CC(C)OC(CO)C2)cs1. The van der Waals surface area contributed by atoms with Crippen LogP contribution in [0.25, 0.3) is 0 Å². The van der Waals surface area contributed by atoms with Crippen molar-refractivity contribution in [3.63, 3.8) is 0 Å². The van der Waals surface area contributed by atoms with Crippen molar-refractivity contribution in [1.29, 1.82) is 0 Å². The fourth-order valence-electron chi connectivity index (χ4n) is 2.32. The first-order chi connectivity index (χ1) is 10.1. The number of aryl methyl sites for hydroxylation is 1. The van der Waals surface area contributed by atoms with Crippen molar-refractivity contribution in [3.8, 4) is 0 Å². The summed E-state index contributed by atoms with van der Waals surface area (Å²) in [6, 6.07) is 0. The molecule has 0 bridgehead atoms. The normalized spacial score (nSPS) is 22.5. The van der Waals surface area contributed by atoms with Crippen LogP contribution in [-0.4, -0.2) is 58.6 Å². The Hall–Kier alpha value is -0.630. The predicted octanol–water partition coefficient (Wildman–Crippen LogP) is 1.68. The zero-order chi connectivity index (χ0) is 15.2. The van der Waals surface area contributed by atoms with Crippen molar-refractivity contribution < 1.29 is 14.6 Å². The molecule has 2 unspecified atom stereocenters. The molecule has 1 amide bonds. The van der Waals surface area contributed by atoms with E-state index in [2.05, 4.69) is 10.4 Å². The van der Waals surface area contributed by atoms with Gasteiger partial charge in [-0.1, -0.05) is 0 Å². The van der Waals surface area contributed by atoms with E-state index < -0.39 is 0 Å². The van der Waals surface area contributed by atoms with E-state index in [1.165, 1.54) is 0 Å². The van der Waals surface area contributed by atoms with Crippen molar-refractivity contribution >= 4 is 29.0 Å². The number of thioether (sulfide) groups is 1. The van der Waals surface area contributed by atoms with Gasteiger partial charge in [-0.25, -0.2) is 4.98 Å². The van der Waals surface area contributed by atoms with Crippen LogP contribution in [0.5, 0.6) is 0 Å². The van der Waals surface area contributed by atoms with E-state index in [0.717, 1.165) is 22.2 Å². The summed E-state index contributed by atoms with van der Waals surface area (Å²) in [5.74, 6) is 1.80. The van der Waals surface area contributed by atoms with Crippen molar-refractivity contribution in [2.24, 2.45) is 0 Å². The van der Waals surface area contributed by atoms with Crippen LogP contribution in [-0.2, 0) is 15.3 Å². The number of aliphatic hydroxyl groups excluding tert-OH is 1. The van der Waals surface area contributed by atoms with Gasteiger partial charge < -0.3 is 14.7 Å². The lowest BCUT2D eigenvalue weighted by Gasteiger charge is -2.36. The van der Waals surface area contributed by atoms with Crippen molar-refractivity contribution in [1.82, 2.24) is 9.88 Å². The first-order valence-corrected chi connectivity index (χ1v) is 9.14. The van der Waals surface area contributed by atoms with Crippen LogP contribution in [0.1, 0.15) is 24.0 Å². The van der Waals surface area contributed by atoms with Crippen molar-refractivity contribution in [2.45, 2.75) is 38.2 Å². The number of rotatable bonds is 6. The maximum atomic E-state index is 12.2. The number of ether oxygens (including phenoxy) is 1. The topological polar surface area (TPSA) is 62.7 Å². The zero-order valence-corrected chi connectivity index (χ0v) is 14.1. The number of amides is 1. The molecule has 0 saturated carbocycles. The Labute approximate surface area is 133 Å². The molecule has 0 aromatic carbocycles. The summed E-state index contributed by atoms with van der Waals surface area (Å²) in [5, 5.41) is 12.3. The number of carbonyl (C=O) groups is 1. The molecular formula is C14H22N2O3S2. The number of hydrogen-bond acceptors (Lipinski definition) is 6. The first kappa shape index (κ1) is 16.7. The number of morpholine rings is 1. The number of hydrogen-bond donors (Lipinski definition) is 1. The molecule has 1 N–H and O–H groups in total. The highest BCUT2D eigenvalue weighted by Gasteiger charge is 2.27. The highest BCUT2D eigenvalue weighted by Crippen LogP contribution is 2.17. The molecule has 1 aliphatic rings. The third-order valence-electron chi connectivity index (χ3n) is 3.26. The summed E-state index contributed by atoms with van der Waals surface area (Å²) >= 11 is 3.39. The van der Waals surface area contributed by atoms with Crippen LogP contribution in [0.4, 0.5) is 0 Å². The van der Waals surface area contributed by atoms with Crippen LogP contribution in [0, 0.1) is 6.92 Å². The lowest BCUT2D eigenvalue weighted by atomic mass is 10.2. The molecule has 1 saturated heterocycles. The molecule has 5 nitrogen and oxygen atoms in total. The van der Waals surface area contributed by atoms with E-state index in [1.54, 1.807) is 23.1 Å². The lowest BCUT2D eigenvalue weighted by Crippen LogP contribution is -2.50. The van der Waals surface area contributed by atoms with E-state index >= 15 is 0 Å². The van der Waals surface area contributed by atoms with Gasteiger partial charge in [0.1, 0.15) is 0 Å². The molecule has 21 heavy (non-hydrogen) atoms. The maximum Gasteiger partial charge on any atom is 0.223 e. The second kappa shape index (κ2) is 8.12. The average molecular weight is 330 g/mol. The Morgan fingerprint density at radius 1 is 1.62 bits per heavy atom. The molecule has 2 atom stereocenters. The van der Waals surface area contributed by atoms with Crippen LogP contribution in [0.15, 0.2) is 5.38 Å². The monoisotopic (exact) mass is 330 g/mol. The minimum absolute atomic E-state index is 0.00881. The molecule has 118 valence electrons. The molecule has 0 spiro atoms. The molecule has 2 heterocycles. The summed E-state index contributed by atoms with van der Waals surface area (Å²) in [7, 11) is 0. The maximum absolute atomic E-state index is 12.2. The second-order valence-corrected chi connectivity index (χ2v) is 7.38. The van der Waals surface area contributed by atoms with Gasteiger partial charge in [0.2, 0.25) is 5.91 Å². The van der Waals surface area contributed by atoms with Gasteiger partial charge in [-0.3, -0.25) is 4.79 Å². The third kappa shape index (κ3) is 5.25. The van der Waals surface area contributed by atoms with E-state index in [0.29, 0.717) is 19.5 Å². The Bertz CT molecular complexity index is 467. The summed E-state index contributed by atoms with van der Waals surface area (Å²) in [6.45, 7) is 5.01. The zero-order valence-electron chi connectivity index (χ0n) is 12.4. The van der Waals surface area contributed by atoms with Crippen LogP contribution in [0.2, 0.25) is 0 Å². The van der Waals surface area contributed by atoms with Gasteiger partial charge in [0.25, 0.3) is 0 Å². The van der Waals surface area contributed by atoms with Gasteiger partial charge in [0.05, 0.1) is 29.5 Å². The lowest BCUT2D eigenvalue weighted by molar-refractivity contribution is -0.146. The van der Waals surface area contributed by atoms with Crippen molar-refractivity contribution in [3.05, 3.63) is 16.1 Å².